The van der Waals surface area contributed by atoms with Crippen molar-refractivity contribution in [2.24, 2.45) is 0 Å². The summed E-state index contributed by atoms with van der Waals surface area (Å²) in [6, 6.07) is 0. The van der Waals surface area contributed by atoms with Crippen LogP contribution in [0.1, 0.15) is 13.8 Å². The second-order valence-electron chi connectivity index (χ2n) is 2.65. The summed E-state index contributed by atoms with van der Waals surface area (Å²) in [5, 5.41) is 0. The van der Waals surface area contributed by atoms with E-state index in [-0.39, 0.29) is 5.60 Å². The topological polar surface area (TPSA) is 18.5 Å². The highest BCUT2D eigenvalue weighted by molar-refractivity contribution is 5.07. The molecule has 10 heavy (non-hydrogen) atoms. The van der Waals surface area contributed by atoms with Gasteiger partial charge in [-0.3, -0.25) is 0 Å². The lowest BCUT2D eigenvalue weighted by atomic mass is 10.00. The van der Waals surface area contributed by atoms with Crippen molar-refractivity contribution < 1.29 is 9.47 Å². The molecule has 0 aromatic carbocycles. The van der Waals surface area contributed by atoms with Crippen molar-refractivity contribution in [1.29, 1.82) is 0 Å². The lowest BCUT2D eigenvalue weighted by Crippen LogP contribution is -2.33. The maximum absolute atomic E-state index is 5.22. The zero-order valence-electron chi connectivity index (χ0n) is 7.23. The molecule has 0 fully saturated rings. The second kappa shape index (κ2) is 3.74. The zero-order valence-corrected chi connectivity index (χ0v) is 7.23. The Kier molecular flexibility index (Phi) is 3.61. The smallest absolute Gasteiger partial charge is 0.109 e. The largest absolute Gasteiger partial charge is 0.381 e. The van der Waals surface area contributed by atoms with Crippen molar-refractivity contribution >= 4 is 0 Å². The van der Waals surface area contributed by atoms with Gasteiger partial charge in [0.25, 0.3) is 0 Å². The lowest BCUT2D eigenvalue weighted by molar-refractivity contribution is -0.0237. The minimum atomic E-state index is -0.325. The van der Waals surface area contributed by atoms with E-state index in [0.717, 1.165) is 5.57 Å². The van der Waals surface area contributed by atoms with Crippen LogP contribution < -0.4 is 0 Å². The van der Waals surface area contributed by atoms with Crippen LogP contribution in [0.5, 0.6) is 0 Å². The summed E-state index contributed by atoms with van der Waals surface area (Å²) in [6.45, 7) is 8.26. The van der Waals surface area contributed by atoms with Crippen LogP contribution in [0.15, 0.2) is 12.2 Å². The van der Waals surface area contributed by atoms with E-state index in [1.165, 1.54) is 0 Å². The highest BCUT2D eigenvalue weighted by Crippen LogP contribution is 2.18. The first-order valence-corrected chi connectivity index (χ1v) is 3.27. The molecule has 0 rings (SSSR count). The molecule has 0 N–H and O–H groups in total. The van der Waals surface area contributed by atoms with Crippen molar-refractivity contribution in [3.05, 3.63) is 12.2 Å². The Morgan fingerprint density at radius 1 is 1.50 bits per heavy atom. The molecule has 0 aromatic heterocycles. The Morgan fingerprint density at radius 3 is 2.10 bits per heavy atom. The summed E-state index contributed by atoms with van der Waals surface area (Å²) in [6.07, 6.45) is 0. The molecule has 0 aromatic rings. The molecule has 2 nitrogen and oxygen atoms in total. The van der Waals surface area contributed by atoms with Crippen LogP contribution in [0.4, 0.5) is 0 Å². The monoisotopic (exact) mass is 144 g/mol. The molecule has 0 saturated carbocycles. The molecule has 0 aliphatic rings. The summed E-state index contributed by atoms with van der Waals surface area (Å²) >= 11 is 0. The van der Waals surface area contributed by atoms with Crippen LogP contribution in [-0.4, -0.2) is 26.4 Å². The van der Waals surface area contributed by atoms with E-state index in [9.17, 15) is 0 Å². The van der Waals surface area contributed by atoms with Crippen LogP contribution in [-0.2, 0) is 9.47 Å². The van der Waals surface area contributed by atoms with Crippen LogP contribution >= 0.6 is 0 Å². The molecule has 0 spiro atoms. The zero-order chi connectivity index (χ0) is 8.20. The Morgan fingerprint density at radius 2 is 2.00 bits per heavy atom. The molecular weight excluding hydrogens is 128 g/mol. The van der Waals surface area contributed by atoms with E-state index in [1.54, 1.807) is 14.2 Å². The molecule has 0 radical (unpaired) electrons. The number of hydrogen-bond acceptors (Lipinski definition) is 2. The number of hydrogen-bond donors (Lipinski definition) is 0. The van der Waals surface area contributed by atoms with Crippen molar-refractivity contribution in [3.63, 3.8) is 0 Å². The van der Waals surface area contributed by atoms with Crippen LogP contribution in [0.2, 0.25) is 0 Å². The first-order chi connectivity index (χ1) is 4.56. The van der Waals surface area contributed by atoms with Crippen LogP contribution in [0, 0.1) is 0 Å². The summed E-state index contributed by atoms with van der Waals surface area (Å²) in [4.78, 5) is 0. The summed E-state index contributed by atoms with van der Waals surface area (Å²) in [7, 11) is 3.31. The summed E-state index contributed by atoms with van der Waals surface area (Å²) < 4.78 is 10.2. The number of methoxy groups -OCH3 is 2. The third-order valence-corrected chi connectivity index (χ3v) is 1.77. The molecule has 0 bridgehead atoms. The molecule has 0 aliphatic carbocycles. The van der Waals surface area contributed by atoms with Crippen LogP contribution in [0.25, 0.3) is 0 Å². The quantitative estimate of drug-likeness (QED) is 0.558. The lowest BCUT2D eigenvalue weighted by Gasteiger charge is -2.27. The Labute approximate surface area is 62.8 Å². The molecule has 0 heterocycles. The predicted octanol–water partition coefficient (Wildman–Crippen LogP) is 1.61. The number of ether oxygens (including phenoxy) is 2. The normalized spacial score (nSPS) is 16.4. The maximum Gasteiger partial charge on any atom is 0.109 e. The molecule has 0 amide bonds. The van der Waals surface area contributed by atoms with Gasteiger partial charge < -0.3 is 9.47 Å². The summed E-state index contributed by atoms with van der Waals surface area (Å²) in [5.41, 5.74) is 0.659. The fourth-order valence-corrected chi connectivity index (χ4v) is 0.632. The van der Waals surface area contributed by atoms with Gasteiger partial charge >= 0.3 is 0 Å². The molecule has 0 saturated heterocycles. The molecule has 60 valence electrons. The van der Waals surface area contributed by atoms with Gasteiger partial charge in [0, 0.05) is 14.2 Å². The van der Waals surface area contributed by atoms with Gasteiger partial charge in [-0.25, -0.2) is 0 Å². The highest BCUT2D eigenvalue weighted by Gasteiger charge is 2.23. The Hall–Kier alpha value is -0.340. The van der Waals surface area contributed by atoms with Gasteiger partial charge in [-0.2, -0.15) is 0 Å². The minimum absolute atomic E-state index is 0.325. The molecule has 1 unspecified atom stereocenters. The van der Waals surface area contributed by atoms with E-state index in [2.05, 4.69) is 6.58 Å². The molecule has 0 aliphatic heterocycles. The predicted molar refractivity (Wildman–Crippen MR) is 42.1 cm³/mol. The maximum atomic E-state index is 5.22. The first-order valence-electron chi connectivity index (χ1n) is 3.27. The summed E-state index contributed by atoms with van der Waals surface area (Å²) in [5.74, 6) is 0. The Balaban J connectivity index is 4.08. The van der Waals surface area contributed by atoms with Gasteiger partial charge in [0.15, 0.2) is 0 Å². The van der Waals surface area contributed by atoms with Crippen molar-refractivity contribution in [1.82, 2.24) is 0 Å². The van der Waals surface area contributed by atoms with Crippen molar-refractivity contribution in [2.45, 2.75) is 19.4 Å². The van der Waals surface area contributed by atoms with Crippen molar-refractivity contribution in [2.75, 3.05) is 20.8 Å². The van der Waals surface area contributed by atoms with E-state index < -0.39 is 0 Å². The molecular formula is C8H16O2. The molecule has 1 atom stereocenters. The van der Waals surface area contributed by atoms with Crippen molar-refractivity contribution in [3.8, 4) is 0 Å². The first kappa shape index (κ1) is 9.66. The Bertz CT molecular complexity index is 120. The van der Waals surface area contributed by atoms with Gasteiger partial charge in [0.1, 0.15) is 5.60 Å². The van der Waals surface area contributed by atoms with E-state index >= 15 is 0 Å². The second-order valence-corrected chi connectivity index (χ2v) is 2.65. The third kappa shape index (κ3) is 2.12. The average Bonchev–Trinajstić information content (AvgIpc) is 1.88. The average molecular weight is 144 g/mol. The SMILES string of the molecule is C=C(C)C(C)(COC)OC. The van der Waals surface area contributed by atoms with Gasteiger partial charge in [-0.1, -0.05) is 6.58 Å². The van der Waals surface area contributed by atoms with Gasteiger partial charge in [0.05, 0.1) is 6.61 Å². The third-order valence-electron chi connectivity index (χ3n) is 1.77. The van der Waals surface area contributed by atoms with Crippen LogP contribution in [0.3, 0.4) is 0 Å². The van der Waals surface area contributed by atoms with Gasteiger partial charge in [-0.15, -0.1) is 0 Å². The fourth-order valence-electron chi connectivity index (χ4n) is 0.632. The molecule has 2 heteroatoms. The van der Waals surface area contributed by atoms with E-state index in [0.29, 0.717) is 6.61 Å². The highest BCUT2D eigenvalue weighted by atomic mass is 16.5. The van der Waals surface area contributed by atoms with E-state index in [4.69, 9.17) is 9.47 Å². The number of rotatable bonds is 4. The fraction of sp³-hybridized carbons (Fsp3) is 0.750. The van der Waals surface area contributed by atoms with Gasteiger partial charge in [0.2, 0.25) is 0 Å². The van der Waals surface area contributed by atoms with E-state index in [1.807, 2.05) is 13.8 Å². The minimum Gasteiger partial charge on any atom is -0.381 e. The van der Waals surface area contributed by atoms with Gasteiger partial charge in [-0.05, 0) is 19.4 Å². The standard InChI is InChI=1S/C8H16O2/c1-7(2)8(3,10-5)6-9-4/h1,6H2,2-5H3.